The van der Waals surface area contributed by atoms with Crippen LogP contribution in [0.25, 0.3) is 0 Å². The van der Waals surface area contributed by atoms with Gasteiger partial charge in [-0.3, -0.25) is 9.48 Å². The van der Waals surface area contributed by atoms with Gasteiger partial charge in [0, 0.05) is 6.54 Å². The Kier molecular flexibility index (Phi) is 4.69. The first-order valence-electron chi connectivity index (χ1n) is 6.50. The van der Waals surface area contributed by atoms with Gasteiger partial charge in [0.15, 0.2) is 0 Å². The summed E-state index contributed by atoms with van der Waals surface area (Å²) >= 11 is 0. The average molecular weight is 267 g/mol. The maximum absolute atomic E-state index is 12.2. The molecule has 1 rings (SSSR count). The molecule has 19 heavy (non-hydrogen) atoms. The Hall–Kier alpha value is -1.85. The monoisotopic (exact) mass is 267 g/mol. The van der Waals surface area contributed by atoms with Crippen molar-refractivity contribution in [1.82, 2.24) is 15.1 Å². The maximum Gasteiger partial charge on any atom is 0.329 e. The molecule has 106 valence electrons. The third-order valence-electron chi connectivity index (χ3n) is 3.29. The molecule has 0 aliphatic carbocycles. The van der Waals surface area contributed by atoms with Crippen LogP contribution < -0.4 is 5.32 Å². The summed E-state index contributed by atoms with van der Waals surface area (Å²) in [6.07, 6.45) is 1.05. The molecule has 1 aromatic rings. The summed E-state index contributed by atoms with van der Waals surface area (Å²) in [6.45, 7) is 7.64. The van der Waals surface area contributed by atoms with Crippen LogP contribution in [0.1, 0.15) is 50.3 Å². The third-order valence-corrected chi connectivity index (χ3v) is 3.29. The summed E-state index contributed by atoms with van der Waals surface area (Å²) in [5.74, 6) is -1.44. The van der Waals surface area contributed by atoms with Gasteiger partial charge >= 0.3 is 5.97 Å². The number of hydrogen-bond donors (Lipinski definition) is 2. The van der Waals surface area contributed by atoms with Crippen LogP contribution in [0, 0.1) is 0 Å². The Morgan fingerprint density at radius 3 is 2.47 bits per heavy atom. The molecule has 2 N–H and O–H groups in total. The first-order valence-corrected chi connectivity index (χ1v) is 6.50. The number of carbonyl (C=O) groups excluding carboxylic acids is 1. The zero-order valence-corrected chi connectivity index (χ0v) is 11.9. The number of nitrogens with zero attached hydrogens (tertiary/aromatic N) is 2. The zero-order valence-electron chi connectivity index (χ0n) is 11.9. The maximum atomic E-state index is 12.2. The van der Waals surface area contributed by atoms with Crippen molar-refractivity contribution in [1.29, 1.82) is 0 Å². The summed E-state index contributed by atoms with van der Waals surface area (Å²) in [7, 11) is 0. The molecule has 0 aromatic carbocycles. The van der Waals surface area contributed by atoms with Crippen LogP contribution in [-0.4, -0.2) is 32.3 Å². The number of aryl methyl sites for hydroxylation is 2. The van der Waals surface area contributed by atoms with Crippen molar-refractivity contribution in [2.45, 2.75) is 52.6 Å². The van der Waals surface area contributed by atoms with E-state index in [2.05, 4.69) is 10.4 Å². The SMILES string of the molecule is CCc1cc(C(=O)NC(C)(CC)C(=O)O)n(CC)n1. The predicted molar refractivity (Wildman–Crippen MR) is 71.1 cm³/mol. The molecule has 0 bridgehead atoms. The minimum atomic E-state index is -1.26. The zero-order chi connectivity index (χ0) is 14.6. The lowest BCUT2D eigenvalue weighted by atomic mass is 9.99. The second kappa shape index (κ2) is 5.86. The fraction of sp³-hybridized carbons (Fsp3) is 0.615. The quantitative estimate of drug-likeness (QED) is 0.817. The number of aromatic nitrogens is 2. The molecule has 1 heterocycles. The molecule has 1 unspecified atom stereocenters. The van der Waals surface area contributed by atoms with Gasteiger partial charge in [0.05, 0.1) is 5.69 Å². The molecule has 0 aliphatic heterocycles. The Morgan fingerprint density at radius 1 is 1.42 bits per heavy atom. The third kappa shape index (κ3) is 3.13. The minimum Gasteiger partial charge on any atom is -0.480 e. The van der Waals surface area contributed by atoms with Crippen LogP contribution >= 0.6 is 0 Å². The van der Waals surface area contributed by atoms with E-state index < -0.39 is 17.4 Å². The van der Waals surface area contributed by atoms with Crippen LogP contribution in [0.4, 0.5) is 0 Å². The second-order valence-corrected chi connectivity index (χ2v) is 4.64. The minimum absolute atomic E-state index is 0.314. The van der Waals surface area contributed by atoms with Gasteiger partial charge < -0.3 is 10.4 Å². The number of aliphatic carboxylic acids is 1. The van der Waals surface area contributed by atoms with Crippen molar-refractivity contribution < 1.29 is 14.7 Å². The number of nitrogens with one attached hydrogen (secondary N) is 1. The van der Waals surface area contributed by atoms with Gasteiger partial charge in [0.25, 0.3) is 5.91 Å². The van der Waals surface area contributed by atoms with E-state index in [-0.39, 0.29) is 0 Å². The largest absolute Gasteiger partial charge is 0.480 e. The normalized spacial score (nSPS) is 13.9. The van der Waals surface area contributed by atoms with Crippen LogP contribution in [0.3, 0.4) is 0 Å². The molecule has 0 fully saturated rings. The number of hydrogen-bond acceptors (Lipinski definition) is 3. The lowest BCUT2D eigenvalue weighted by molar-refractivity contribution is -0.143. The number of carboxylic acids is 1. The average Bonchev–Trinajstić information content (AvgIpc) is 2.81. The number of carboxylic acid groups (broad SMARTS) is 1. The van der Waals surface area contributed by atoms with Gasteiger partial charge in [0.1, 0.15) is 11.2 Å². The van der Waals surface area contributed by atoms with Crippen molar-refractivity contribution in [3.05, 3.63) is 17.5 Å². The van der Waals surface area contributed by atoms with Crippen molar-refractivity contribution in [2.24, 2.45) is 0 Å². The molecule has 1 atom stereocenters. The molecular formula is C13H21N3O3. The Bertz CT molecular complexity index is 481. The lowest BCUT2D eigenvalue weighted by Gasteiger charge is -2.24. The van der Waals surface area contributed by atoms with E-state index in [1.807, 2.05) is 13.8 Å². The number of carbonyl (C=O) groups is 2. The summed E-state index contributed by atoms with van der Waals surface area (Å²) in [5, 5.41) is 16.0. The molecule has 0 radical (unpaired) electrons. The van der Waals surface area contributed by atoms with E-state index in [0.717, 1.165) is 12.1 Å². The molecule has 1 amide bonds. The summed E-state index contributed by atoms with van der Waals surface area (Å²) in [6, 6.07) is 1.71. The van der Waals surface area contributed by atoms with E-state index >= 15 is 0 Å². The highest BCUT2D eigenvalue weighted by molar-refractivity contribution is 5.96. The number of rotatable bonds is 6. The first-order chi connectivity index (χ1) is 8.87. The fourth-order valence-electron chi connectivity index (χ4n) is 1.67. The molecule has 0 spiro atoms. The molecule has 1 aromatic heterocycles. The molecule has 0 saturated heterocycles. The van der Waals surface area contributed by atoms with Crippen LogP contribution in [0.5, 0.6) is 0 Å². The van der Waals surface area contributed by atoms with E-state index in [9.17, 15) is 9.59 Å². The molecule has 0 saturated carbocycles. The summed E-state index contributed by atoms with van der Waals surface area (Å²) < 4.78 is 1.59. The van der Waals surface area contributed by atoms with Crippen molar-refractivity contribution in [3.8, 4) is 0 Å². The highest BCUT2D eigenvalue weighted by atomic mass is 16.4. The van der Waals surface area contributed by atoms with Gasteiger partial charge in [-0.1, -0.05) is 13.8 Å². The van der Waals surface area contributed by atoms with E-state index in [0.29, 0.717) is 18.7 Å². The van der Waals surface area contributed by atoms with E-state index in [1.54, 1.807) is 17.7 Å². The van der Waals surface area contributed by atoms with E-state index in [4.69, 9.17) is 5.11 Å². The summed E-state index contributed by atoms with van der Waals surface area (Å²) in [5.41, 5.74) is -0.0347. The van der Waals surface area contributed by atoms with Crippen LogP contribution in [0.2, 0.25) is 0 Å². The Morgan fingerprint density at radius 2 is 2.05 bits per heavy atom. The highest BCUT2D eigenvalue weighted by Gasteiger charge is 2.33. The number of amides is 1. The topological polar surface area (TPSA) is 84.2 Å². The van der Waals surface area contributed by atoms with Gasteiger partial charge in [-0.25, -0.2) is 4.79 Å². The summed E-state index contributed by atoms with van der Waals surface area (Å²) in [4.78, 5) is 23.4. The molecular weight excluding hydrogens is 246 g/mol. The first kappa shape index (κ1) is 15.2. The molecule has 0 aliphatic rings. The van der Waals surface area contributed by atoms with Gasteiger partial charge in [0.2, 0.25) is 0 Å². The lowest BCUT2D eigenvalue weighted by Crippen LogP contribution is -2.52. The van der Waals surface area contributed by atoms with Crippen LogP contribution in [-0.2, 0) is 17.8 Å². The predicted octanol–water partition coefficient (Wildman–Crippen LogP) is 1.45. The smallest absolute Gasteiger partial charge is 0.329 e. The van der Waals surface area contributed by atoms with Gasteiger partial charge in [-0.2, -0.15) is 5.10 Å². The van der Waals surface area contributed by atoms with Crippen molar-refractivity contribution in [3.63, 3.8) is 0 Å². The molecule has 6 nitrogen and oxygen atoms in total. The van der Waals surface area contributed by atoms with Gasteiger partial charge in [-0.05, 0) is 32.8 Å². The van der Waals surface area contributed by atoms with Gasteiger partial charge in [-0.15, -0.1) is 0 Å². The Labute approximate surface area is 112 Å². The Balaban J connectivity index is 3.00. The van der Waals surface area contributed by atoms with Crippen LogP contribution in [0.15, 0.2) is 6.07 Å². The highest BCUT2D eigenvalue weighted by Crippen LogP contribution is 2.12. The fourth-order valence-corrected chi connectivity index (χ4v) is 1.67. The van der Waals surface area contributed by atoms with E-state index in [1.165, 1.54) is 6.92 Å². The van der Waals surface area contributed by atoms with Crippen molar-refractivity contribution >= 4 is 11.9 Å². The molecule has 6 heteroatoms. The standard InChI is InChI=1S/C13H21N3O3/c1-5-9-8-10(16(7-3)15-9)11(17)14-13(4,6-2)12(18)19/h8H,5-7H2,1-4H3,(H,14,17)(H,18,19). The second-order valence-electron chi connectivity index (χ2n) is 4.64. The van der Waals surface area contributed by atoms with Crippen molar-refractivity contribution in [2.75, 3.05) is 0 Å².